The smallest absolute Gasteiger partial charge is 0.266 e. The van der Waals surface area contributed by atoms with Crippen LogP contribution in [0.15, 0.2) is 17.2 Å². The molecule has 1 aromatic rings. The van der Waals surface area contributed by atoms with E-state index in [1.54, 1.807) is 0 Å². The number of aromatic nitrogens is 2. The average molecular weight is 140 g/mol. The Bertz CT molecular complexity index is 236. The first-order valence-corrected chi connectivity index (χ1v) is 3.00. The molecule has 1 heterocycles. The van der Waals surface area contributed by atoms with Crippen LogP contribution in [0.2, 0.25) is 0 Å². The summed E-state index contributed by atoms with van der Waals surface area (Å²) in [5, 5.41) is 0. The highest BCUT2D eigenvalue weighted by molar-refractivity contribution is 5.00. The van der Waals surface area contributed by atoms with Crippen LogP contribution in [-0.2, 0) is 0 Å². The van der Waals surface area contributed by atoms with E-state index in [4.69, 9.17) is 4.74 Å². The minimum atomic E-state index is -0.219. The van der Waals surface area contributed by atoms with Crippen LogP contribution in [0.3, 0.4) is 0 Å². The number of hydrogen-bond donors (Lipinski definition) is 1. The van der Waals surface area contributed by atoms with Gasteiger partial charge >= 0.3 is 0 Å². The highest BCUT2D eigenvalue weighted by Crippen LogP contribution is 1.96. The van der Waals surface area contributed by atoms with Gasteiger partial charge < -0.3 is 9.72 Å². The fourth-order valence-electron chi connectivity index (χ4n) is 0.556. The molecule has 0 aliphatic rings. The highest BCUT2D eigenvalue weighted by Gasteiger charge is 1.89. The largest absolute Gasteiger partial charge is 0.477 e. The van der Waals surface area contributed by atoms with E-state index < -0.39 is 0 Å². The van der Waals surface area contributed by atoms with Crippen LogP contribution >= 0.6 is 0 Å². The maximum Gasteiger partial charge on any atom is 0.266 e. The zero-order chi connectivity index (χ0) is 7.40. The van der Waals surface area contributed by atoms with E-state index in [1.807, 2.05) is 6.92 Å². The summed E-state index contributed by atoms with van der Waals surface area (Å²) in [7, 11) is 0. The van der Waals surface area contributed by atoms with Crippen molar-refractivity contribution in [3.8, 4) is 5.88 Å². The van der Waals surface area contributed by atoms with Crippen molar-refractivity contribution in [1.29, 1.82) is 0 Å². The van der Waals surface area contributed by atoms with Crippen molar-refractivity contribution in [2.75, 3.05) is 6.61 Å². The van der Waals surface area contributed by atoms with Gasteiger partial charge in [0.15, 0.2) is 0 Å². The second-order valence-electron chi connectivity index (χ2n) is 1.68. The van der Waals surface area contributed by atoms with Crippen LogP contribution < -0.4 is 10.3 Å². The number of rotatable bonds is 2. The summed E-state index contributed by atoms with van der Waals surface area (Å²) in [4.78, 5) is 16.6. The lowest BCUT2D eigenvalue weighted by Crippen LogP contribution is -2.05. The molecule has 10 heavy (non-hydrogen) atoms. The molecule has 0 saturated carbocycles. The molecule has 0 amide bonds. The maximum absolute atomic E-state index is 10.5. The Labute approximate surface area is 57.9 Å². The molecule has 4 heteroatoms. The SMILES string of the molecule is CCOc1c[nH]c(=O)cn1. The molecule has 0 saturated heterocycles. The molecule has 0 aliphatic carbocycles. The third-order valence-corrected chi connectivity index (χ3v) is 0.939. The van der Waals surface area contributed by atoms with Crippen LogP contribution in [0.4, 0.5) is 0 Å². The van der Waals surface area contributed by atoms with Crippen molar-refractivity contribution in [3.63, 3.8) is 0 Å². The molecule has 54 valence electrons. The van der Waals surface area contributed by atoms with Gasteiger partial charge in [-0.1, -0.05) is 0 Å². The number of aromatic amines is 1. The molecule has 0 spiro atoms. The predicted octanol–water partition coefficient (Wildman–Crippen LogP) is 0.169. The lowest BCUT2D eigenvalue weighted by Gasteiger charge is -1.97. The first-order valence-electron chi connectivity index (χ1n) is 3.00. The number of hydrogen-bond acceptors (Lipinski definition) is 3. The van der Waals surface area contributed by atoms with E-state index in [0.29, 0.717) is 12.5 Å². The Hall–Kier alpha value is -1.32. The van der Waals surface area contributed by atoms with Gasteiger partial charge in [0, 0.05) is 0 Å². The van der Waals surface area contributed by atoms with Crippen molar-refractivity contribution in [3.05, 3.63) is 22.7 Å². The van der Waals surface area contributed by atoms with Gasteiger partial charge in [-0.25, -0.2) is 4.98 Å². The zero-order valence-corrected chi connectivity index (χ0v) is 5.63. The average Bonchev–Trinajstić information content (AvgIpc) is 1.95. The fraction of sp³-hybridized carbons (Fsp3) is 0.333. The maximum atomic E-state index is 10.5. The van der Waals surface area contributed by atoms with E-state index in [-0.39, 0.29) is 5.56 Å². The molecule has 1 aromatic heterocycles. The lowest BCUT2D eigenvalue weighted by atomic mass is 10.7. The number of H-pyrrole nitrogens is 1. The third-order valence-electron chi connectivity index (χ3n) is 0.939. The number of nitrogens with one attached hydrogen (secondary N) is 1. The van der Waals surface area contributed by atoms with E-state index in [0.717, 1.165) is 0 Å². The normalized spacial score (nSPS) is 9.30. The van der Waals surface area contributed by atoms with Gasteiger partial charge in [0.2, 0.25) is 5.88 Å². The third kappa shape index (κ3) is 1.58. The molecule has 0 aromatic carbocycles. The fourth-order valence-corrected chi connectivity index (χ4v) is 0.556. The Kier molecular flexibility index (Phi) is 2.04. The molecule has 0 bridgehead atoms. The quantitative estimate of drug-likeness (QED) is 0.637. The summed E-state index contributed by atoms with van der Waals surface area (Å²) in [6, 6.07) is 0. The van der Waals surface area contributed by atoms with Crippen LogP contribution in [-0.4, -0.2) is 16.6 Å². The van der Waals surface area contributed by atoms with Gasteiger partial charge in [-0.2, -0.15) is 0 Å². The van der Waals surface area contributed by atoms with Gasteiger partial charge in [0.1, 0.15) is 0 Å². The first-order chi connectivity index (χ1) is 4.83. The predicted molar refractivity (Wildman–Crippen MR) is 36.0 cm³/mol. The molecule has 1 rings (SSSR count). The highest BCUT2D eigenvalue weighted by atomic mass is 16.5. The second-order valence-corrected chi connectivity index (χ2v) is 1.68. The Balaban J connectivity index is 2.79. The van der Waals surface area contributed by atoms with Crippen LogP contribution in [0.5, 0.6) is 5.88 Å². The summed E-state index contributed by atoms with van der Waals surface area (Å²) in [5.74, 6) is 0.446. The van der Waals surface area contributed by atoms with Crippen LogP contribution in [0, 0.1) is 0 Å². The molecule has 0 aliphatic heterocycles. The lowest BCUT2D eigenvalue weighted by molar-refractivity contribution is 0.325. The van der Waals surface area contributed by atoms with E-state index in [1.165, 1.54) is 12.4 Å². The summed E-state index contributed by atoms with van der Waals surface area (Å²) in [6.45, 7) is 2.41. The number of ether oxygens (including phenoxy) is 1. The Morgan fingerprint density at radius 2 is 2.60 bits per heavy atom. The van der Waals surface area contributed by atoms with Gasteiger partial charge in [0.25, 0.3) is 5.56 Å². The number of nitrogens with zero attached hydrogens (tertiary/aromatic N) is 1. The molecule has 4 nitrogen and oxygen atoms in total. The molecule has 0 radical (unpaired) electrons. The summed E-state index contributed by atoms with van der Waals surface area (Å²) < 4.78 is 4.98. The Morgan fingerprint density at radius 1 is 1.80 bits per heavy atom. The Morgan fingerprint density at radius 3 is 3.10 bits per heavy atom. The topological polar surface area (TPSA) is 55.0 Å². The van der Waals surface area contributed by atoms with E-state index in [9.17, 15) is 4.79 Å². The second kappa shape index (κ2) is 3.00. The van der Waals surface area contributed by atoms with Crippen molar-refractivity contribution in [2.45, 2.75) is 6.92 Å². The van der Waals surface area contributed by atoms with Crippen molar-refractivity contribution < 1.29 is 4.74 Å². The molecular formula is C6H8N2O2. The first kappa shape index (κ1) is 6.80. The van der Waals surface area contributed by atoms with E-state index >= 15 is 0 Å². The molecular weight excluding hydrogens is 132 g/mol. The molecule has 0 fully saturated rings. The van der Waals surface area contributed by atoms with Crippen LogP contribution in [0.1, 0.15) is 6.92 Å². The van der Waals surface area contributed by atoms with E-state index in [2.05, 4.69) is 9.97 Å². The van der Waals surface area contributed by atoms with Gasteiger partial charge in [-0.05, 0) is 6.92 Å². The van der Waals surface area contributed by atoms with Crippen molar-refractivity contribution in [1.82, 2.24) is 9.97 Å². The van der Waals surface area contributed by atoms with Gasteiger partial charge in [0.05, 0.1) is 19.0 Å². The summed E-state index contributed by atoms with van der Waals surface area (Å²) in [6.07, 6.45) is 2.62. The summed E-state index contributed by atoms with van der Waals surface area (Å²) in [5.41, 5.74) is -0.219. The standard InChI is InChI=1S/C6H8N2O2/c1-2-10-6-4-7-5(9)3-8-6/h3-4H,2H2,1H3,(H,7,9). The van der Waals surface area contributed by atoms with Gasteiger partial charge in [-0.15, -0.1) is 0 Å². The molecule has 1 N–H and O–H groups in total. The molecule has 0 atom stereocenters. The molecule has 0 unspecified atom stereocenters. The van der Waals surface area contributed by atoms with Gasteiger partial charge in [-0.3, -0.25) is 4.79 Å². The zero-order valence-electron chi connectivity index (χ0n) is 5.63. The monoisotopic (exact) mass is 140 g/mol. The van der Waals surface area contributed by atoms with Crippen molar-refractivity contribution in [2.24, 2.45) is 0 Å². The van der Waals surface area contributed by atoms with Crippen molar-refractivity contribution >= 4 is 0 Å². The van der Waals surface area contributed by atoms with Crippen LogP contribution in [0.25, 0.3) is 0 Å². The minimum absolute atomic E-state index is 0.219. The minimum Gasteiger partial charge on any atom is -0.477 e. The summed E-state index contributed by atoms with van der Waals surface area (Å²) >= 11 is 0.